The average Bonchev–Trinajstić information content (AvgIpc) is 3.95. The van der Waals surface area contributed by atoms with E-state index in [-0.39, 0.29) is 11.9 Å². The fourth-order valence-electron chi connectivity index (χ4n) is 8.61. The number of benzene rings is 3. The van der Waals surface area contributed by atoms with Crippen LogP contribution < -0.4 is 16.4 Å². The lowest BCUT2D eigenvalue weighted by Gasteiger charge is -2.30. The Labute approximate surface area is 323 Å². The zero-order valence-electron chi connectivity index (χ0n) is 32.2. The molecule has 3 fully saturated rings. The Morgan fingerprint density at radius 2 is 1.80 bits per heavy atom. The molecule has 0 saturated carbocycles. The number of carbonyl (C=O) groups is 2. The van der Waals surface area contributed by atoms with E-state index in [0.717, 1.165) is 82.7 Å². The second kappa shape index (κ2) is 15.9. The lowest BCUT2D eigenvalue weighted by atomic mass is 9.97. The summed E-state index contributed by atoms with van der Waals surface area (Å²) >= 11 is 0. The highest BCUT2D eigenvalue weighted by molar-refractivity contribution is 5.99. The SMILES string of the molecule is CCc1nc2c(cnn2CC)c(NC2CCOCC2)c1CN(Cc1cc(-c2cccc(CN3C[C@@H]4C[C@H]3CN4)c2)ccc1C)C(=O)c1cccc(C(N)=O)c1. The Morgan fingerprint density at radius 3 is 2.55 bits per heavy atom. The molecule has 2 atom stereocenters. The van der Waals surface area contributed by atoms with Crippen molar-refractivity contribution < 1.29 is 14.3 Å². The largest absolute Gasteiger partial charge is 0.381 e. The Kier molecular flexibility index (Phi) is 10.7. The van der Waals surface area contributed by atoms with Crippen molar-refractivity contribution in [2.75, 3.05) is 31.6 Å². The smallest absolute Gasteiger partial charge is 0.254 e. The fraction of sp³-hybridized carbons (Fsp3) is 0.409. The summed E-state index contributed by atoms with van der Waals surface area (Å²) in [6.45, 7) is 12.2. The Morgan fingerprint density at radius 1 is 1.00 bits per heavy atom. The van der Waals surface area contributed by atoms with E-state index < -0.39 is 5.91 Å². The van der Waals surface area contributed by atoms with Gasteiger partial charge in [-0.3, -0.25) is 14.5 Å². The molecule has 3 aliphatic heterocycles. The number of carbonyl (C=O) groups excluding carboxylic acids is 2. The number of amides is 2. The standard InChI is InChI=1S/C44H52N8O3/c1-4-40-39(41(48-35-14-16-55-17-15-35)38-23-47-52(5-2)43(38)49-40)27-51(44(54)33-11-7-10-32(20-33)42(45)53)25-34-19-31(13-12-28(34)3)30-9-6-8-29(18-30)24-50-26-36-21-37(50)22-46-36/h6-13,18-20,23,35-37,46H,4-5,14-17,21-22,24-27H2,1-3H3,(H2,45,53)(H,48,49)/t36-,37-/m0/s1. The van der Waals surface area contributed by atoms with Crippen LogP contribution in [0.4, 0.5) is 5.69 Å². The summed E-state index contributed by atoms with van der Waals surface area (Å²) in [5.41, 5.74) is 15.8. The molecule has 0 unspecified atom stereocenters. The third-order valence-electron chi connectivity index (χ3n) is 11.7. The number of anilines is 1. The molecule has 3 aromatic carbocycles. The van der Waals surface area contributed by atoms with Gasteiger partial charge in [-0.15, -0.1) is 0 Å². The Balaban J connectivity index is 1.17. The van der Waals surface area contributed by atoms with Crippen LogP contribution in [0, 0.1) is 6.92 Å². The topological polar surface area (TPSA) is 131 Å². The number of primary amides is 1. The molecule has 55 heavy (non-hydrogen) atoms. The molecule has 11 heteroatoms. The molecule has 2 bridgehead atoms. The van der Waals surface area contributed by atoms with Gasteiger partial charge in [0.2, 0.25) is 5.91 Å². The molecule has 0 radical (unpaired) electrons. The van der Waals surface area contributed by atoms with Gasteiger partial charge in [0, 0.05) is 86.4 Å². The average molecular weight is 741 g/mol. The quantitative estimate of drug-likeness (QED) is 0.133. The maximum atomic E-state index is 14.8. The van der Waals surface area contributed by atoms with Gasteiger partial charge in [0.15, 0.2) is 5.65 Å². The molecule has 2 aromatic heterocycles. The minimum atomic E-state index is -0.570. The second-order valence-electron chi connectivity index (χ2n) is 15.4. The number of fused-ring (bicyclic) bond motifs is 3. The Bertz CT molecular complexity index is 2210. The minimum Gasteiger partial charge on any atom is -0.381 e. The lowest BCUT2D eigenvalue weighted by molar-refractivity contribution is 0.0729. The molecule has 4 N–H and O–H groups in total. The molecule has 0 spiro atoms. The second-order valence-corrected chi connectivity index (χ2v) is 15.4. The lowest BCUT2D eigenvalue weighted by Crippen LogP contribution is -2.42. The summed E-state index contributed by atoms with van der Waals surface area (Å²) in [5, 5.41) is 13.1. The number of nitrogens with zero attached hydrogens (tertiary/aromatic N) is 5. The number of likely N-dealkylation sites (tertiary alicyclic amines) is 1. The van der Waals surface area contributed by atoms with Crippen molar-refractivity contribution in [3.63, 3.8) is 0 Å². The first kappa shape index (κ1) is 36.9. The molecule has 2 amide bonds. The van der Waals surface area contributed by atoms with Gasteiger partial charge >= 0.3 is 0 Å². The van der Waals surface area contributed by atoms with Gasteiger partial charge in [0.25, 0.3) is 5.91 Å². The van der Waals surface area contributed by atoms with E-state index in [1.54, 1.807) is 24.3 Å². The summed E-state index contributed by atoms with van der Waals surface area (Å²) < 4.78 is 7.63. The molecule has 5 heterocycles. The summed E-state index contributed by atoms with van der Waals surface area (Å²) in [6.07, 6.45) is 5.59. The van der Waals surface area contributed by atoms with Crippen molar-refractivity contribution in [2.24, 2.45) is 5.73 Å². The first-order valence-corrected chi connectivity index (χ1v) is 19.8. The number of aryl methyl sites for hydroxylation is 3. The highest BCUT2D eigenvalue weighted by Gasteiger charge is 2.37. The monoisotopic (exact) mass is 740 g/mol. The van der Waals surface area contributed by atoms with Crippen molar-refractivity contribution in [1.82, 2.24) is 29.9 Å². The van der Waals surface area contributed by atoms with E-state index in [4.69, 9.17) is 20.6 Å². The predicted octanol–water partition coefficient (Wildman–Crippen LogP) is 6.07. The number of ether oxygens (including phenoxy) is 1. The fourth-order valence-corrected chi connectivity index (χ4v) is 8.61. The van der Waals surface area contributed by atoms with Crippen LogP contribution in [0.5, 0.6) is 0 Å². The number of hydrogen-bond donors (Lipinski definition) is 3. The van der Waals surface area contributed by atoms with Crippen LogP contribution in [0.1, 0.15) is 81.8 Å². The first-order chi connectivity index (χ1) is 26.8. The molecule has 0 aliphatic carbocycles. The van der Waals surface area contributed by atoms with Crippen LogP contribution in [-0.4, -0.2) is 80.8 Å². The van der Waals surface area contributed by atoms with Crippen LogP contribution >= 0.6 is 0 Å². The van der Waals surface area contributed by atoms with E-state index in [0.29, 0.717) is 62.5 Å². The third-order valence-corrected chi connectivity index (χ3v) is 11.7. The van der Waals surface area contributed by atoms with E-state index in [9.17, 15) is 9.59 Å². The minimum absolute atomic E-state index is 0.187. The number of rotatable bonds is 13. The highest BCUT2D eigenvalue weighted by Crippen LogP contribution is 2.34. The van der Waals surface area contributed by atoms with Crippen molar-refractivity contribution >= 4 is 28.5 Å². The number of nitrogens with two attached hydrogens (primary N) is 1. The number of nitrogens with one attached hydrogen (secondary N) is 2. The molecule has 3 aliphatic rings. The van der Waals surface area contributed by atoms with Crippen LogP contribution in [0.25, 0.3) is 22.2 Å². The van der Waals surface area contributed by atoms with Crippen molar-refractivity contribution in [1.29, 1.82) is 0 Å². The zero-order valence-corrected chi connectivity index (χ0v) is 32.2. The van der Waals surface area contributed by atoms with Gasteiger partial charge in [0.1, 0.15) is 0 Å². The normalized spacial score (nSPS) is 18.6. The Hall–Kier alpha value is -5.10. The van der Waals surface area contributed by atoms with Gasteiger partial charge in [-0.05, 0) is 97.7 Å². The van der Waals surface area contributed by atoms with Gasteiger partial charge < -0.3 is 26.0 Å². The molecular formula is C44H52N8O3. The van der Waals surface area contributed by atoms with Crippen molar-refractivity contribution in [2.45, 2.75) is 90.8 Å². The van der Waals surface area contributed by atoms with E-state index >= 15 is 0 Å². The van der Waals surface area contributed by atoms with E-state index in [2.05, 4.69) is 78.8 Å². The molecule has 5 aromatic rings. The molecule has 3 saturated heterocycles. The highest BCUT2D eigenvalue weighted by atomic mass is 16.5. The summed E-state index contributed by atoms with van der Waals surface area (Å²) in [6, 6.07) is 23.6. The van der Waals surface area contributed by atoms with Crippen LogP contribution in [0.3, 0.4) is 0 Å². The predicted molar refractivity (Wildman–Crippen MR) is 216 cm³/mol. The molecule has 11 nitrogen and oxygen atoms in total. The van der Waals surface area contributed by atoms with Gasteiger partial charge in [-0.2, -0.15) is 5.10 Å². The van der Waals surface area contributed by atoms with Crippen molar-refractivity contribution in [3.8, 4) is 11.1 Å². The van der Waals surface area contributed by atoms with Gasteiger partial charge in [-0.1, -0.05) is 43.3 Å². The number of piperazine rings is 1. The maximum absolute atomic E-state index is 14.8. The number of aromatic nitrogens is 3. The van der Waals surface area contributed by atoms with Crippen LogP contribution in [0.15, 0.2) is 72.9 Å². The zero-order chi connectivity index (χ0) is 38.1. The van der Waals surface area contributed by atoms with E-state index in [1.165, 1.54) is 12.0 Å². The molecule has 286 valence electrons. The van der Waals surface area contributed by atoms with Crippen LogP contribution in [-0.2, 0) is 37.3 Å². The van der Waals surface area contributed by atoms with E-state index in [1.807, 2.05) is 15.8 Å². The molecular weight excluding hydrogens is 689 g/mol. The third kappa shape index (κ3) is 7.74. The van der Waals surface area contributed by atoms with Gasteiger partial charge in [-0.25, -0.2) is 9.67 Å². The summed E-state index contributed by atoms with van der Waals surface area (Å²) in [5.74, 6) is -0.757. The van der Waals surface area contributed by atoms with Gasteiger partial charge in [0.05, 0.1) is 23.8 Å². The first-order valence-electron chi connectivity index (χ1n) is 19.8. The summed E-state index contributed by atoms with van der Waals surface area (Å²) in [7, 11) is 0. The summed E-state index contributed by atoms with van der Waals surface area (Å²) in [4.78, 5) is 36.6. The van der Waals surface area contributed by atoms with Crippen LogP contribution in [0.2, 0.25) is 0 Å². The number of pyridine rings is 1. The number of hydrogen-bond acceptors (Lipinski definition) is 8. The molecule has 8 rings (SSSR count). The maximum Gasteiger partial charge on any atom is 0.254 e. The van der Waals surface area contributed by atoms with Crippen molar-refractivity contribution in [3.05, 3.63) is 112 Å².